The number of halogens is 3. The van der Waals surface area contributed by atoms with E-state index in [2.05, 4.69) is 0 Å². The zero-order chi connectivity index (χ0) is 14.2. The summed E-state index contributed by atoms with van der Waals surface area (Å²) in [6.45, 7) is 3.85. The number of hydrogen-bond acceptors (Lipinski definition) is 4. The topological polar surface area (TPSA) is 113 Å². The summed E-state index contributed by atoms with van der Waals surface area (Å²) in [6.07, 6.45) is -4.91. The molecule has 0 aromatic carbocycles. The van der Waals surface area contributed by atoms with Crippen molar-refractivity contribution >= 4 is 11.9 Å². The van der Waals surface area contributed by atoms with Crippen molar-refractivity contribution in [3.63, 3.8) is 0 Å². The number of carbonyl (C=O) groups excluding carboxylic acids is 1. The van der Waals surface area contributed by atoms with E-state index in [0.29, 0.717) is 0 Å². The minimum absolute atomic E-state index is 0.174. The molecule has 17 heavy (non-hydrogen) atoms. The number of amides is 1. The maximum Gasteiger partial charge on any atom is 0.490 e. The van der Waals surface area contributed by atoms with Crippen LogP contribution in [-0.2, 0) is 9.59 Å². The number of hydrogen-bond donors (Lipinski definition) is 4. The van der Waals surface area contributed by atoms with E-state index in [1.165, 1.54) is 5.48 Å². The first-order valence-electron chi connectivity index (χ1n) is 4.51. The van der Waals surface area contributed by atoms with Crippen molar-refractivity contribution in [2.24, 2.45) is 11.7 Å². The molecule has 1 atom stereocenters. The fraction of sp³-hybridized carbons (Fsp3) is 0.750. The molecular weight excluding hydrogens is 245 g/mol. The lowest BCUT2D eigenvalue weighted by molar-refractivity contribution is -0.192. The summed E-state index contributed by atoms with van der Waals surface area (Å²) in [5.74, 6) is -2.92. The summed E-state index contributed by atoms with van der Waals surface area (Å²) in [5.41, 5.74) is 7.05. The van der Waals surface area contributed by atoms with Crippen LogP contribution < -0.4 is 11.2 Å². The maximum atomic E-state index is 10.6. The molecule has 1 unspecified atom stereocenters. The summed E-state index contributed by atoms with van der Waals surface area (Å²) in [6, 6.07) is -0.174. The second-order valence-electron chi connectivity index (χ2n) is 3.45. The Morgan fingerprint density at radius 1 is 1.35 bits per heavy atom. The van der Waals surface area contributed by atoms with Crippen molar-refractivity contribution in [2.45, 2.75) is 32.5 Å². The molecular formula is C8H15F3N2O4. The van der Waals surface area contributed by atoms with Crippen molar-refractivity contribution < 1.29 is 33.1 Å². The Morgan fingerprint density at radius 2 is 1.71 bits per heavy atom. The summed E-state index contributed by atoms with van der Waals surface area (Å²) in [7, 11) is 0. The fourth-order valence-corrected chi connectivity index (χ4v) is 0.495. The molecule has 0 saturated carbocycles. The smallest absolute Gasteiger partial charge is 0.475 e. The predicted octanol–water partition coefficient (Wildman–Crippen LogP) is 0.499. The summed E-state index contributed by atoms with van der Waals surface area (Å²) >= 11 is 0. The van der Waals surface area contributed by atoms with Crippen LogP contribution in [0.4, 0.5) is 13.2 Å². The number of aliphatic carboxylic acids is 1. The Balaban J connectivity index is 0. The molecule has 0 radical (unpaired) electrons. The second kappa shape index (κ2) is 7.85. The fourth-order valence-electron chi connectivity index (χ4n) is 0.495. The van der Waals surface area contributed by atoms with Crippen LogP contribution in [0.1, 0.15) is 20.3 Å². The molecule has 102 valence electrons. The normalized spacial score (nSPS) is 12.5. The molecule has 0 bridgehead atoms. The molecule has 0 aliphatic carbocycles. The van der Waals surface area contributed by atoms with Gasteiger partial charge >= 0.3 is 12.1 Å². The Morgan fingerprint density at radius 3 is 1.88 bits per heavy atom. The predicted molar refractivity (Wildman–Crippen MR) is 51.1 cm³/mol. The summed E-state index contributed by atoms with van der Waals surface area (Å²) < 4.78 is 31.7. The van der Waals surface area contributed by atoms with E-state index in [1.54, 1.807) is 0 Å². The average Bonchev–Trinajstić information content (AvgIpc) is 2.16. The highest BCUT2D eigenvalue weighted by Gasteiger charge is 2.38. The highest BCUT2D eigenvalue weighted by molar-refractivity contribution is 5.75. The number of carbonyl (C=O) groups is 2. The highest BCUT2D eigenvalue weighted by Crippen LogP contribution is 2.13. The van der Waals surface area contributed by atoms with Crippen molar-refractivity contribution in [1.82, 2.24) is 5.48 Å². The van der Waals surface area contributed by atoms with Crippen LogP contribution in [0.3, 0.4) is 0 Å². The van der Waals surface area contributed by atoms with E-state index in [1.807, 2.05) is 13.8 Å². The number of rotatable bonds is 3. The van der Waals surface area contributed by atoms with Crippen molar-refractivity contribution in [3.05, 3.63) is 0 Å². The van der Waals surface area contributed by atoms with Crippen LogP contribution >= 0.6 is 0 Å². The standard InChI is InChI=1S/C6H14N2O2.C2HF3O2/c1-4(2)5(7)3-6(9)8-10;3-2(4,5)1(6)7/h4-5,10H,3,7H2,1-2H3,(H,8,9);(H,6,7). The van der Waals surface area contributed by atoms with Gasteiger partial charge in [-0.2, -0.15) is 13.2 Å². The molecule has 5 N–H and O–H groups in total. The molecule has 0 rings (SSSR count). The first-order chi connectivity index (χ1) is 7.52. The molecule has 0 aromatic heterocycles. The Hall–Kier alpha value is -1.35. The molecule has 0 saturated heterocycles. The third kappa shape index (κ3) is 10.9. The van der Waals surface area contributed by atoms with Crippen molar-refractivity contribution in [3.8, 4) is 0 Å². The molecule has 6 nitrogen and oxygen atoms in total. The highest BCUT2D eigenvalue weighted by atomic mass is 19.4. The first kappa shape index (κ1) is 18.0. The quantitative estimate of drug-likeness (QED) is 0.436. The number of nitrogens with one attached hydrogen (secondary N) is 1. The number of carboxylic acids is 1. The van der Waals surface area contributed by atoms with Gasteiger partial charge in [0.1, 0.15) is 0 Å². The van der Waals surface area contributed by atoms with Crippen LogP contribution in [0.25, 0.3) is 0 Å². The monoisotopic (exact) mass is 260 g/mol. The molecule has 1 amide bonds. The van der Waals surface area contributed by atoms with Crippen LogP contribution in [0, 0.1) is 5.92 Å². The minimum atomic E-state index is -5.08. The number of nitrogens with two attached hydrogens (primary N) is 1. The molecule has 9 heteroatoms. The average molecular weight is 260 g/mol. The van der Waals surface area contributed by atoms with E-state index in [-0.39, 0.29) is 18.4 Å². The summed E-state index contributed by atoms with van der Waals surface area (Å²) in [5, 5.41) is 15.2. The summed E-state index contributed by atoms with van der Waals surface area (Å²) in [4.78, 5) is 19.4. The number of alkyl halides is 3. The van der Waals surface area contributed by atoms with E-state index in [9.17, 15) is 18.0 Å². The van der Waals surface area contributed by atoms with E-state index < -0.39 is 18.1 Å². The minimum Gasteiger partial charge on any atom is -0.475 e. The van der Waals surface area contributed by atoms with Crippen LogP contribution in [-0.4, -0.2) is 34.4 Å². The zero-order valence-corrected chi connectivity index (χ0v) is 9.28. The third-order valence-electron chi connectivity index (χ3n) is 1.64. The lowest BCUT2D eigenvalue weighted by atomic mass is 10.0. The van der Waals surface area contributed by atoms with Crippen molar-refractivity contribution in [2.75, 3.05) is 0 Å². The molecule has 0 aromatic rings. The SMILES string of the molecule is CC(C)C(N)CC(=O)NO.O=C(O)C(F)(F)F. The lowest BCUT2D eigenvalue weighted by Gasteiger charge is -2.13. The molecule has 0 aliphatic rings. The lowest BCUT2D eigenvalue weighted by Crippen LogP contribution is -2.33. The van der Waals surface area contributed by atoms with Gasteiger partial charge in [-0.3, -0.25) is 10.0 Å². The van der Waals surface area contributed by atoms with E-state index in [4.69, 9.17) is 20.8 Å². The van der Waals surface area contributed by atoms with Gasteiger partial charge in [-0.15, -0.1) is 0 Å². The number of hydroxylamine groups is 1. The van der Waals surface area contributed by atoms with Gasteiger partial charge in [0.05, 0.1) is 0 Å². The van der Waals surface area contributed by atoms with Crippen molar-refractivity contribution in [1.29, 1.82) is 0 Å². The Labute approximate surface area is 95.6 Å². The van der Waals surface area contributed by atoms with Crippen LogP contribution in [0.2, 0.25) is 0 Å². The molecule has 0 fully saturated rings. The van der Waals surface area contributed by atoms with Crippen LogP contribution in [0.5, 0.6) is 0 Å². The molecule has 0 heterocycles. The Bertz CT molecular complexity index is 256. The first-order valence-corrected chi connectivity index (χ1v) is 4.51. The van der Waals surface area contributed by atoms with Gasteiger partial charge in [-0.1, -0.05) is 13.8 Å². The maximum absolute atomic E-state index is 10.6. The van der Waals surface area contributed by atoms with Gasteiger partial charge in [0, 0.05) is 12.5 Å². The van der Waals surface area contributed by atoms with E-state index >= 15 is 0 Å². The Kier molecular flexibility index (Phi) is 8.32. The zero-order valence-electron chi connectivity index (χ0n) is 9.28. The van der Waals surface area contributed by atoms with E-state index in [0.717, 1.165) is 0 Å². The second-order valence-corrected chi connectivity index (χ2v) is 3.45. The van der Waals surface area contributed by atoms with Gasteiger partial charge in [0.25, 0.3) is 0 Å². The largest absolute Gasteiger partial charge is 0.490 e. The number of carboxylic acid groups (broad SMARTS) is 1. The van der Waals surface area contributed by atoms with Gasteiger partial charge < -0.3 is 10.8 Å². The van der Waals surface area contributed by atoms with Gasteiger partial charge in [0.2, 0.25) is 5.91 Å². The molecule has 0 aliphatic heterocycles. The van der Waals surface area contributed by atoms with Gasteiger partial charge in [-0.05, 0) is 5.92 Å². The molecule has 0 spiro atoms. The third-order valence-corrected chi connectivity index (χ3v) is 1.64. The van der Waals surface area contributed by atoms with Gasteiger partial charge in [-0.25, -0.2) is 10.3 Å². The van der Waals surface area contributed by atoms with Gasteiger partial charge in [0.15, 0.2) is 0 Å². The van der Waals surface area contributed by atoms with Crippen LogP contribution in [0.15, 0.2) is 0 Å².